The minimum absolute atomic E-state index is 0.425. The molecule has 0 fully saturated rings. The molecule has 0 saturated heterocycles. The first-order valence-corrected chi connectivity index (χ1v) is 3.58. The Morgan fingerprint density at radius 2 is 2.42 bits per heavy atom. The van der Waals surface area contributed by atoms with Gasteiger partial charge >= 0.3 is 0 Å². The van der Waals surface area contributed by atoms with Crippen LogP contribution >= 0.6 is 0 Å². The Balaban J connectivity index is 2.77. The number of ether oxygens (including phenoxy) is 1. The van der Waals surface area contributed by atoms with Crippen LogP contribution in [0.3, 0.4) is 0 Å². The van der Waals surface area contributed by atoms with Gasteiger partial charge in [0.1, 0.15) is 6.61 Å². The lowest BCUT2D eigenvalue weighted by Gasteiger charge is -1.87. The van der Waals surface area contributed by atoms with Crippen molar-refractivity contribution in [3.05, 3.63) is 30.1 Å². The van der Waals surface area contributed by atoms with Crippen molar-refractivity contribution in [3.63, 3.8) is 0 Å². The summed E-state index contributed by atoms with van der Waals surface area (Å²) in [7, 11) is 1.61. The van der Waals surface area contributed by atoms with Crippen LogP contribution in [0, 0.1) is 11.8 Å². The highest BCUT2D eigenvalue weighted by Gasteiger charge is 1.99. The fourth-order valence-electron chi connectivity index (χ4n) is 0.761. The van der Waals surface area contributed by atoms with Crippen LogP contribution in [0.15, 0.2) is 24.4 Å². The van der Waals surface area contributed by atoms with Crippen LogP contribution in [0.1, 0.15) is 5.69 Å². The average Bonchev–Trinajstić information content (AvgIpc) is 2.09. The summed E-state index contributed by atoms with van der Waals surface area (Å²) in [6, 6.07) is 5.59. The van der Waals surface area contributed by atoms with Gasteiger partial charge in [0, 0.05) is 25.2 Å². The smallest absolute Gasteiger partial charge is 0.285 e. The van der Waals surface area contributed by atoms with Crippen LogP contribution in [0.2, 0.25) is 0 Å². The third-order valence-electron chi connectivity index (χ3n) is 1.32. The molecule has 0 aliphatic carbocycles. The minimum Gasteiger partial charge on any atom is -0.372 e. The molecule has 0 saturated carbocycles. The Morgan fingerprint density at radius 3 is 3.08 bits per heavy atom. The summed E-state index contributed by atoms with van der Waals surface area (Å²) in [6.45, 7) is 0.425. The van der Waals surface area contributed by atoms with Crippen molar-refractivity contribution in [1.29, 1.82) is 0 Å². The van der Waals surface area contributed by atoms with Crippen LogP contribution in [0.25, 0.3) is 0 Å². The van der Waals surface area contributed by atoms with Gasteiger partial charge in [-0.15, -0.1) is 0 Å². The number of rotatable bonds is 1. The second kappa shape index (κ2) is 4.37. The third kappa shape index (κ3) is 2.26. The number of pyridine rings is 1. The number of nitrogen functional groups attached to an aromatic ring is 1. The standard InChI is InChI=1S/C9H11N2O/c1-12-8-4-6-9-5-2-3-7-11(9)10/h2-3,5,7H,8,10H2,1H3/q+1. The zero-order chi connectivity index (χ0) is 8.81. The van der Waals surface area contributed by atoms with Gasteiger partial charge in [-0.2, -0.15) is 0 Å². The molecule has 1 aromatic rings. The van der Waals surface area contributed by atoms with Gasteiger partial charge in [0.15, 0.2) is 0 Å². The number of nitrogens with two attached hydrogens (primary N) is 1. The molecular weight excluding hydrogens is 152 g/mol. The largest absolute Gasteiger partial charge is 0.372 e. The second-order valence-electron chi connectivity index (χ2n) is 2.23. The van der Waals surface area contributed by atoms with E-state index in [0.29, 0.717) is 6.61 Å². The Bertz CT molecular complexity index is 312. The van der Waals surface area contributed by atoms with E-state index in [2.05, 4.69) is 11.8 Å². The highest BCUT2D eigenvalue weighted by molar-refractivity contribution is 5.22. The number of aromatic nitrogens is 1. The van der Waals surface area contributed by atoms with Crippen molar-refractivity contribution in [3.8, 4) is 11.8 Å². The number of hydrogen-bond donors (Lipinski definition) is 1. The fourth-order valence-corrected chi connectivity index (χ4v) is 0.761. The monoisotopic (exact) mass is 163 g/mol. The summed E-state index contributed by atoms with van der Waals surface area (Å²) < 4.78 is 6.25. The van der Waals surface area contributed by atoms with E-state index in [1.807, 2.05) is 18.2 Å². The first kappa shape index (κ1) is 8.57. The Hall–Kier alpha value is -1.53. The Kier molecular flexibility index (Phi) is 3.12. The zero-order valence-electron chi connectivity index (χ0n) is 6.95. The zero-order valence-corrected chi connectivity index (χ0v) is 6.95. The first-order valence-electron chi connectivity index (χ1n) is 3.58. The molecule has 0 bridgehead atoms. The van der Waals surface area contributed by atoms with Gasteiger partial charge in [0.2, 0.25) is 6.20 Å². The van der Waals surface area contributed by atoms with Crippen molar-refractivity contribution in [2.45, 2.75) is 0 Å². The molecule has 0 aliphatic heterocycles. The maximum absolute atomic E-state index is 5.58. The maximum atomic E-state index is 5.58. The molecule has 0 spiro atoms. The van der Waals surface area contributed by atoms with Crippen molar-refractivity contribution >= 4 is 0 Å². The molecule has 0 aromatic carbocycles. The van der Waals surface area contributed by atoms with E-state index in [9.17, 15) is 0 Å². The van der Waals surface area contributed by atoms with E-state index < -0.39 is 0 Å². The average molecular weight is 163 g/mol. The van der Waals surface area contributed by atoms with Gasteiger partial charge in [0.05, 0.1) is 0 Å². The van der Waals surface area contributed by atoms with Crippen molar-refractivity contribution in [2.75, 3.05) is 19.6 Å². The quantitative estimate of drug-likeness (QED) is 0.350. The van der Waals surface area contributed by atoms with Crippen LogP contribution in [-0.2, 0) is 4.74 Å². The molecular formula is C9H11N2O+. The fraction of sp³-hybridized carbons (Fsp3) is 0.222. The van der Waals surface area contributed by atoms with E-state index in [4.69, 9.17) is 10.6 Å². The molecule has 0 unspecified atom stereocenters. The molecule has 0 amide bonds. The van der Waals surface area contributed by atoms with Crippen molar-refractivity contribution < 1.29 is 9.41 Å². The van der Waals surface area contributed by atoms with Gasteiger partial charge in [-0.3, -0.25) is 0 Å². The van der Waals surface area contributed by atoms with Crippen molar-refractivity contribution in [2.24, 2.45) is 0 Å². The molecule has 1 aromatic heterocycles. The molecule has 3 heteroatoms. The molecule has 0 radical (unpaired) electrons. The highest BCUT2D eigenvalue weighted by Crippen LogP contribution is 1.84. The van der Waals surface area contributed by atoms with Crippen LogP contribution < -0.4 is 10.5 Å². The van der Waals surface area contributed by atoms with Crippen LogP contribution in [-0.4, -0.2) is 13.7 Å². The normalized spacial score (nSPS) is 8.75. The predicted octanol–water partition coefficient (Wildman–Crippen LogP) is -0.314. The highest BCUT2D eigenvalue weighted by atomic mass is 16.5. The molecule has 2 N–H and O–H groups in total. The van der Waals surface area contributed by atoms with Gasteiger partial charge < -0.3 is 4.74 Å². The predicted molar refractivity (Wildman–Crippen MR) is 45.5 cm³/mol. The first-order chi connectivity index (χ1) is 5.84. The molecule has 1 heterocycles. The summed E-state index contributed by atoms with van der Waals surface area (Å²) in [4.78, 5) is 0. The summed E-state index contributed by atoms with van der Waals surface area (Å²) in [6.07, 6.45) is 1.75. The molecule has 1 rings (SSSR count). The lowest BCUT2D eigenvalue weighted by molar-refractivity contribution is -0.641. The van der Waals surface area contributed by atoms with E-state index in [0.717, 1.165) is 5.69 Å². The lowest BCUT2D eigenvalue weighted by atomic mass is 10.3. The maximum Gasteiger partial charge on any atom is 0.285 e. The number of hydrogen-bond acceptors (Lipinski definition) is 2. The van der Waals surface area contributed by atoms with E-state index in [1.165, 1.54) is 4.68 Å². The van der Waals surface area contributed by atoms with Gasteiger partial charge in [-0.1, -0.05) is 10.6 Å². The number of methoxy groups -OCH3 is 1. The molecule has 0 atom stereocenters. The second-order valence-corrected chi connectivity index (χ2v) is 2.23. The Labute approximate surface area is 71.7 Å². The molecule has 0 aliphatic rings. The molecule has 12 heavy (non-hydrogen) atoms. The number of nitrogens with zero attached hydrogens (tertiary/aromatic N) is 1. The third-order valence-corrected chi connectivity index (χ3v) is 1.32. The molecule has 62 valence electrons. The lowest BCUT2D eigenvalue weighted by Crippen LogP contribution is -2.46. The van der Waals surface area contributed by atoms with E-state index >= 15 is 0 Å². The van der Waals surface area contributed by atoms with E-state index in [-0.39, 0.29) is 0 Å². The summed E-state index contributed by atoms with van der Waals surface area (Å²) in [5, 5.41) is 0. The van der Waals surface area contributed by atoms with Gasteiger partial charge in [-0.05, 0) is 6.07 Å². The van der Waals surface area contributed by atoms with Crippen LogP contribution in [0.4, 0.5) is 0 Å². The summed E-state index contributed by atoms with van der Waals surface area (Å²) >= 11 is 0. The minimum atomic E-state index is 0.425. The van der Waals surface area contributed by atoms with Crippen molar-refractivity contribution in [1.82, 2.24) is 0 Å². The summed E-state index contributed by atoms with van der Waals surface area (Å²) in [5.41, 5.74) is 0.773. The Morgan fingerprint density at radius 1 is 1.58 bits per heavy atom. The van der Waals surface area contributed by atoms with Crippen LogP contribution in [0.5, 0.6) is 0 Å². The van der Waals surface area contributed by atoms with E-state index in [1.54, 1.807) is 13.3 Å². The summed E-state index contributed by atoms with van der Waals surface area (Å²) in [5.74, 6) is 11.3. The molecule has 3 nitrogen and oxygen atoms in total. The topological polar surface area (TPSA) is 39.1 Å². The van der Waals surface area contributed by atoms with Gasteiger partial charge in [-0.25, -0.2) is 5.84 Å². The SMILES string of the molecule is COCC#Cc1cccc[n+]1N. The van der Waals surface area contributed by atoms with Gasteiger partial charge in [0.25, 0.3) is 5.69 Å².